The first-order chi connectivity index (χ1) is 14.8. The molecule has 9 heteroatoms. The second-order valence-electron chi connectivity index (χ2n) is 7.10. The smallest absolute Gasteiger partial charge is 0.251 e. The number of hydrogen-bond acceptors (Lipinski definition) is 5. The summed E-state index contributed by atoms with van der Waals surface area (Å²) in [7, 11) is 0. The van der Waals surface area contributed by atoms with Gasteiger partial charge in [0.2, 0.25) is 11.7 Å². The number of amides is 1. The SMILES string of the molecule is Cc1nn(-c2ccc(C(=O)NC(C)c3nc(-c4ccc(F)cc4)no3)cc2)c(C)c1Cl. The first kappa shape index (κ1) is 20.7. The van der Waals surface area contributed by atoms with Crippen molar-refractivity contribution in [3.63, 3.8) is 0 Å². The summed E-state index contributed by atoms with van der Waals surface area (Å²) < 4.78 is 20.1. The molecule has 4 rings (SSSR count). The Morgan fingerprint density at radius 2 is 1.81 bits per heavy atom. The number of carbonyl (C=O) groups is 1. The zero-order valence-electron chi connectivity index (χ0n) is 17.1. The van der Waals surface area contributed by atoms with E-state index in [9.17, 15) is 9.18 Å². The molecule has 2 aromatic heterocycles. The van der Waals surface area contributed by atoms with E-state index in [4.69, 9.17) is 16.1 Å². The molecule has 31 heavy (non-hydrogen) atoms. The van der Waals surface area contributed by atoms with Crippen molar-refractivity contribution in [1.82, 2.24) is 25.2 Å². The summed E-state index contributed by atoms with van der Waals surface area (Å²) in [5, 5.41) is 11.8. The quantitative estimate of drug-likeness (QED) is 0.481. The molecule has 0 aliphatic heterocycles. The van der Waals surface area contributed by atoms with Crippen LogP contribution in [0.4, 0.5) is 4.39 Å². The molecule has 1 unspecified atom stereocenters. The van der Waals surface area contributed by atoms with Gasteiger partial charge in [0, 0.05) is 11.1 Å². The van der Waals surface area contributed by atoms with Gasteiger partial charge in [-0.1, -0.05) is 16.8 Å². The van der Waals surface area contributed by atoms with Crippen molar-refractivity contribution in [2.45, 2.75) is 26.8 Å². The highest BCUT2D eigenvalue weighted by atomic mass is 35.5. The average molecular weight is 440 g/mol. The Bertz CT molecular complexity index is 1230. The predicted octanol–water partition coefficient (Wildman–Crippen LogP) is 4.82. The van der Waals surface area contributed by atoms with E-state index in [0.29, 0.717) is 22.0 Å². The lowest BCUT2D eigenvalue weighted by molar-refractivity contribution is 0.0932. The van der Waals surface area contributed by atoms with Gasteiger partial charge in [-0.05, 0) is 69.3 Å². The molecule has 1 atom stereocenters. The second-order valence-corrected chi connectivity index (χ2v) is 7.48. The van der Waals surface area contributed by atoms with Crippen molar-refractivity contribution in [3.05, 3.63) is 82.2 Å². The maximum Gasteiger partial charge on any atom is 0.251 e. The maximum absolute atomic E-state index is 13.1. The molecule has 0 saturated heterocycles. The lowest BCUT2D eigenvalue weighted by Gasteiger charge is -2.10. The second kappa shape index (κ2) is 8.31. The van der Waals surface area contributed by atoms with Crippen LogP contribution in [0.1, 0.15) is 40.6 Å². The Morgan fingerprint density at radius 3 is 2.42 bits per heavy atom. The fourth-order valence-electron chi connectivity index (χ4n) is 3.10. The zero-order chi connectivity index (χ0) is 22.1. The van der Waals surface area contributed by atoms with Gasteiger partial charge < -0.3 is 9.84 Å². The van der Waals surface area contributed by atoms with Crippen LogP contribution in [0, 0.1) is 19.7 Å². The summed E-state index contributed by atoms with van der Waals surface area (Å²) in [5.74, 6) is -0.0578. The molecule has 0 aliphatic carbocycles. The molecule has 2 aromatic carbocycles. The third kappa shape index (κ3) is 4.20. The maximum atomic E-state index is 13.1. The van der Waals surface area contributed by atoms with Crippen LogP contribution in [-0.4, -0.2) is 25.8 Å². The highest BCUT2D eigenvalue weighted by Crippen LogP contribution is 2.23. The highest BCUT2D eigenvalue weighted by molar-refractivity contribution is 6.31. The molecule has 158 valence electrons. The Labute approximate surface area is 182 Å². The average Bonchev–Trinajstić information content (AvgIpc) is 3.36. The minimum atomic E-state index is -0.510. The van der Waals surface area contributed by atoms with Crippen LogP contribution >= 0.6 is 11.6 Å². The van der Waals surface area contributed by atoms with Crippen LogP contribution in [0.3, 0.4) is 0 Å². The van der Waals surface area contributed by atoms with Gasteiger partial charge in [-0.3, -0.25) is 4.79 Å². The summed E-state index contributed by atoms with van der Waals surface area (Å²) in [6.45, 7) is 5.47. The minimum Gasteiger partial charge on any atom is -0.341 e. The third-order valence-corrected chi connectivity index (χ3v) is 5.39. The van der Waals surface area contributed by atoms with Crippen molar-refractivity contribution in [2.75, 3.05) is 0 Å². The van der Waals surface area contributed by atoms with Gasteiger partial charge in [-0.15, -0.1) is 0 Å². The molecule has 0 radical (unpaired) electrons. The fraction of sp³-hybridized carbons (Fsp3) is 0.182. The lowest BCUT2D eigenvalue weighted by atomic mass is 10.1. The molecule has 7 nitrogen and oxygen atoms in total. The molecular weight excluding hydrogens is 421 g/mol. The number of hydrogen-bond donors (Lipinski definition) is 1. The molecule has 0 saturated carbocycles. The topological polar surface area (TPSA) is 85.8 Å². The molecular formula is C22H19ClFN5O2. The van der Waals surface area contributed by atoms with Crippen molar-refractivity contribution in [1.29, 1.82) is 0 Å². The van der Waals surface area contributed by atoms with Gasteiger partial charge in [0.05, 0.1) is 22.1 Å². The molecule has 2 heterocycles. The Hall–Kier alpha value is -3.52. The van der Waals surface area contributed by atoms with Crippen LogP contribution in [-0.2, 0) is 0 Å². The monoisotopic (exact) mass is 439 g/mol. The standard InChI is InChI=1S/C22H19ClFN5O2/c1-12-19(23)14(3)29(27-12)18-10-6-16(7-11-18)21(30)25-13(2)22-26-20(28-31-22)15-4-8-17(24)9-5-15/h4-11,13H,1-3H3,(H,25,30). The summed E-state index contributed by atoms with van der Waals surface area (Å²) in [6.07, 6.45) is 0. The van der Waals surface area contributed by atoms with Gasteiger partial charge >= 0.3 is 0 Å². The van der Waals surface area contributed by atoms with E-state index in [1.807, 2.05) is 13.8 Å². The van der Waals surface area contributed by atoms with Crippen LogP contribution in [0.15, 0.2) is 53.1 Å². The normalized spacial score (nSPS) is 12.0. The first-order valence-corrected chi connectivity index (χ1v) is 9.94. The Balaban J connectivity index is 1.45. The van der Waals surface area contributed by atoms with E-state index < -0.39 is 6.04 Å². The van der Waals surface area contributed by atoms with Gasteiger partial charge in [0.25, 0.3) is 5.91 Å². The van der Waals surface area contributed by atoms with Gasteiger partial charge in [0.1, 0.15) is 11.9 Å². The number of aromatic nitrogens is 4. The largest absolute Gasteiger partial charge is 0.341 e. The highest BCUT2D eigenvalue weighted by Gasteiger charge is 2.19. The van der Waals surface area contributed by atoms with Crippen LogP contribution in [0.2, 0.25) is 5.02 Å². The molecule has 0 aliphatic rings. The Morgan fingerprint density at radius 1 is 1.13 bits per heavy atom. The number of carbonyl (C=O) groups excluding carboxylic acids is 1. The molecule has 0 bridgehead atoms. The van der Waals surface area contributed by atoms with Gasteiger partial charge in [0.15, 0.2) is 0 Å². The van der Waals surface area contributed by atoms with Crippen LogP contribution in [0.5, 0.6) is 0 Å². The molecule has 4 aromatic rings. The van der Waals surface area contributed by atoms with Crippen LogP contribution < -0.4 is 5.32 Å². The summed E-state index contributed by atoms with van der Waals surface area (Å²) >= 11 is 6.21. The van der Waals surface area contributed by atoms with Crippen molar-refractivity contribution >= 4 is 17.5 Å². The molecule has 0 fully saturated rings. The van der Waals surface area contributed by atoms with E-state index in [-0.39, 0.29) is 17.6 Å². The third-order valence-electron chi connectivity index (χ3n) is 4.84. The summed E-state index contributed by atoms with van der Waals surface area (Å²) in [6, 6.07) is 12.3. The van der Waals surface area contributed by atoms with E-state index >= 15 is 0 Å². The number of nitrogens with one attached hydrogen (secondary N) is 1. The number of halogens is 2. The molecule has 1 amide bonds. The fourth-order valence-corrected chi connectivity index (χ4v) is 3.22. The number of aryl methyl sites for hydroxylation is 1. The van der Waals surface area contributed by atoms with Crippen molar-refractivity contribution < 1.29 is 13.7 Å². The lowest BCUT2D eigenvalue weighted by Crippen LogP contribution is -2.26. The van der Waals surface area contributed by atoms with E-state index in [1.54, 1.807) is 48.0 Å². The number of rotatable bonds is 5. The minimum absolute atomic E-state index is 0.251. The van der Waals surface area contributed by atoms with Gasteiger partial charge in [-0.2, -0.15) is 10.1 Å². The summed E-state index contributed by atoms with van der Waals surface area (Å²) in [5.41, 5.74) is 3.47. The predicted molar refractivity (Wildman–Crippen MR) is 114 cm³/mol. The van der Waals surface area contributed by atoms with Crippen molar-refractivity contribution in [3.8, 4) is 17.1 Å². The van der Waals surface area contributed by atoms with Crippen molar-refractivity contribution in [2.24, 2.45) is 0 Å². The van der Waals surface area contributed by atoms with Gasteiger partial charge in [-0.25, -0.2) is 9.07 Å². The number of nitrogens with zero attached hydrogens (tertiary/aromatic N) is 4. The first-order valence-electron chi connectivity index (χ1n) is 9.56. The summed E-state index contributed by atoms with van der Waals surface area (Å²) in [4.78, 5) is 16.9. The van der Waals surface area contributed by atoms with E-state index in [1.165, 1.54) is 12.1 Å². The van der Waals surface area contributed by atoms with Crippen LogP contribution in [0.25, 0.3) is 17.1 Å². The Kier molecular flexibility index (Phi) is 5.56. The molecule has 1 N–H and O–H groups in total. The zero-order valence-corrected chi connectivity index (χ0v) is 17.8. The molecule has 0 spiro atoms. The van der Waals surface area contributed by atoms with E-state index in [2.05, 4.69) is 20.6 Å². The number of benzene rings is 2. The van der Waals surface area contributed by atoms with E-state index in [0.717, 1.165) is 17.1 Å².